The molecule has 33 heavy (non-hydrogen) atoms. The second kappa shape index (κ2) is 8.60. The number of amides is 2. The molecule has 2 aromatic carbocycles. The van der Waals surface area contributed by atoms with Crippen molar-refractivity contribution in [3.63, 3.8) is 0 Å². The predicted octanol–water partition coefficient (Wildman–Crippen LogP) is 3.80. The summed E-state index contributed by atoms with van der Waals surface area (Å²) in [6, 6.07) is 16.5. The molecule has 1 aromatic heterocycles. The normalized spacial score (nSPS) is 17.7. The third-order valence-electron chi connectivity index (χ3n) is 6.14. The van der Waals surface area contributed by atoms with Crippen molar-refractivity contribution in [3.8, 4) is 11.3 Å². The largest absolute Gasteiger partial charge is 0.457 e. The Hall–Kier alpha value is -3.84. The molecule has 168 valence electrons. The molecular formula is C26H26N4O3. The lowest BCUT2D eigenvalue weighted by Crippen LogP contribution is -2.34. The van der Waals surface area contributed by atoms with Crippen molar-refractivity contribution < 1.29 is 14.0 Å². The fourth-order valence-corrected chi connectivity index (χ4v) is 4.31. The Bertz CT molecular complexity index is 1260. The highest BCUT2D eigenvalue weighted by atomic mass is 16.3. The Morgan fingerprint density at radius 2 is 1.94 bits per heavy atom. The zero-order chi connectivity index (χ0) is 22.9. The van der Waals surface area contributed by atoms with Crippen molar-refractivity contribution in [2.24, 2.45) is 0 Å². The van der Waals surface area contributed by atoms with Crippen LogP contribution in [0, 0.1) is 0 Å². The maximum Gasteiger partial charge on any atom is 0.256 e. The van der Waals surface area contributed by atoms with Crippen LogP contribution >= 0.6 is 0 Å². The second-order valence-electron chi connectivity index (χ2n) is 8.55. The molecule has 1 fully saturated rings. The zero-order valence-corrected chi connectivity index (χ0v) is 18.5. The molecule has 3 aromatic rings. The molecule has 5 rings (SSSR count). The molecule has 0 saturated carbocycles. The minimum atomic E-state index is -0.191. The summed E-state index contributed by atoms with van der Waals surface area (Å²) in [7, 11) is 2.08. The van der Waals surface area contributed by atoms with Crippen molar-refractivity contribution in [2.75, 3.05) is 44.3 Å². The third-order valence-corrected chi connectivity index (χ3v) is 6.14. The van der Waals surface area contributed by atoms with Crippen LogP contribution in [0.3, 0.4) is 0 Å². The molecule has 0 aliphatic carbocycles. The van der Waals surface area contributed by atoms with Gasteiger partial charge in [-0.3, -0.25) is 9.59 Å². The van der Waals surface area contributed by atoms with E-state index in [9.17, 15) is 9.59 Å². The van der Waals surface area contributed by atoms with Gasteiger partial charge in [0, 0.05) is 47.7 Å². The molecule has 2 aliphatic heterocycles. The zero-order valence-electron chi connectivity index (χ0n) is 18.5. The van der Waals surface area contributed by atoms with Gasteiger partial charge in [-0.2, -0.15) is 0 Å². The van der Waals surface area contributed by atoms with Gasteiger partial charge in [0.1, 0.15) is 11.5 Å². The molecule has 0 atom stereocenters. The average Bonchev–Trinajstić information content (AvgIpc) is 3.33. The number of carbonyl (C=O) groups is 2. The van der Waals surface area contributed by atoms with E-state index < -0.39 is 0 Å². The maximum atomic E-state index is 13.1. The molecule has 1 saturated heterocycles. The van der Waals surface area contributed by atoms with E-state index in [0.717, 1.165) is 49.4 Å². The fraction of sp³-hybridized carbons (Fsp3) is 0.231. The van der Waals surface area contributed by atoms with E-state index >= 15 is 0 Å². The summed E-state index contributed by atoms with van der Waals surface area (Å²) in [5, 5.41) is 2.84. The number of rotatable bonds is 3. The van der Waals surface area contributed by atoms with Gasteiger partial charge in [-0.25, -0.2) is 0 Å². The Balaban J connectivity index is 1.39. The Labute approximate surface area is 192 Å². The Morgan fingerprint density at radius 3 is 2.82 bits per heavy atom. The molecular weight excluding hydrogens is 416 g/mol. The summed E-state index contributed by atoms with van der Waals surface area (Å²) in [5.74, 6) is 1.04. The smallest absolute Gasteiger partial charge is 0.256 e. The van der Waals surface area contributed by atoms with E-state index in [1.165, 1.54) is 0 Å². The molecule has 2 amide bonds. The fourth-order valence-electron chi connectivity index (χ4n) is 4.31. The molecule has 0 unspecified atom stereocenters. The van der Waals surface area contributed by atoms with Crippen molar-refractivity contribution in [2.45, 2.75) is 6.42 Å². The predicted molar refractivity (Wildman–Crippen MR) is 130 cm³/mol. The van der Waals surface area contributed by atoms with E-state index in [1.54, 1.807) is 24.3 Å². The highest BCUT2D eigenvalue weighted by molar-refractivity contribution is 6.35. The minimum Gasteiger partial charge on any atom is -0.457 e. The summed E-state index contributed by atoms with van der Waals surface area (Å²) >= 11 is 0. The van der Waals surface area contributed by atoms with Gasteiger partial charge < -0.3 is 25.3 Å². The molecule has 0 bridgehead atoms. The van der Waals surface area contributed by atoms with Gasteiger partial charge >= 0.3 is 0 Å². The molecule has 0 radical (unpaired) electrons. The van der Waals surface area contributed by atoms with Gasteiger partial charge in [0.2, 0.25) is 0 Å². The minimum absolute atomic E-state index is 0.0397. The van der Waals surface area contributed by atoms with E-state index in [1.807, 2.05) is 41.3 Å². The first-order chi connectivity index (χ1) is 16.0. The SMILES string of the molecule is CN1CCCN(C(=O)c2cccc(-c3ccc(C=C4C(=O)Nc5ccc(N)cc54)o3)c2)CC1. The first-order valence-electron chi connectivity index (χ1n) is 11.1. The molecule has 2 aliphatic rings. The van der Waals surface area contributed by atoms with Crippen LogP contribution in [0.1, 0.15) is 28.1 Å². The number of benzene rings is 2. The number of hydrogen-bond donors (Lipinski definition) is 2. The monoisotopic (exact) mass is 442 g/mol. The van der Waals surface area contributed by atoms with Crippen LogP contribution in [-0.2, 0) is 4.79 Å². The standard InChI is InChI=1S/C26H26N4O3/c1-29-10-3-11-30(13-12-29)26(32)18-5-2-4-17(14-18)24-9-7-20(33-24)16-22-21-15-19(27)6-8-23(21)28-25(22)31/h2,4-9,14-16H,3,10-13,27H2,1H3,(H,28,31). The number of nitrogens with zero attached hydrogens (tertiary/aromatic N) is 2. The topological polar surface area (TPSA) is 91.8 Å². The van der Waals surface area contributed by atoms with Crippen LogP contribution in [-0.4, -0.2) is 54.8 Å². The number of anilines is 2. The quantitative estimate of drug-likeness (QED) is 0.476. The van der Waals surface area contributed by atoms with Gasteiger partial charge in [0.05, 0.1) is 5.57 Å². The summed E-state index contributed by atoms with van der Waals surface area (Å²) in [4.78, 5) is 29.7. The van der Waals surface area contributed by atoms with Crippen LogP contribution in [0.4, 0.5) is 11.4 Å². The number of likely N-dealkylation sites (N-methyl/N-ethyl adjacent to an activating group) is 1. The van der Waals surface area contributed by atoms with E-state index in [2.05, 4.69) is 17.3 Å². The summed E-state index contributed by atoms with van der Waals surface area (Å²) in [6.07, 6.45) is 2.69. The maximum absolute atomic E-state index is 13.1. The van der Waals surface area contributed by atoms with Crippen molar-refractivity contribution in [3.05, 3.63) is 71.5 Å². The van der Waals surface area contributed by atoms with Crippen LogP contribution < -0.4 is 11.1 Å². The van der Waals surface area contributed by atoms with Crippen LogP contribution in [0.2, 0.25) is 0 Å². The molecule has 3 heterocycles. The lowest BCUT2D eigenvalue weighted by Gasteiger charge is -2.20. The second-order valence-corrected chi connectivity index (χ2v) is 8.55. The molecule has 0 spiro atoms. The number of nitrogens with one attached hydrogen (secondary N) is 1. The van der Waals surface area contributed by atoms with E-state index in [0.29, 0.717) is 28.3 Å². The summed E-state index contributed by atoms with van der Waals surface area (Å²) in [6.45, 7) is 3.37. The van der Waals surface area contributed by atoms with Gasteiger partial charge in [-0.05, 0) is 68.6 Å². The Morgan fingerprint density at radius 1 is 1.06 bits per heavy atom. The lowest BCUT2D eigenvalue weighted by molar-refractivity contribution is -0.110. The van der Waals surface area contributed by atoms with Gasteiger partial charge in [0.25, 0.3) is 11.8 Å². The number of carbonyl (C=O) groups excluding carboxylic acids is 2. The van der Waals surface area contributed by atoms with Crippen LogP contribution in [0.25, 0.3) is 23.0 Å². The first kappa shape index (κ1) is 21.0. The highest BCUT2D eigenvalue weighted by Crippen LogP contribution is 2.35. The number of nitrogen functional groups attached to an aromatic ring is 1. The molecule has 3 N–H and O–H groups in total. The third kappa shape index (κ3) is 4.27. The van der Waals surface area contributed by atoms with Crippen LogP contribution in [0.15, 0.2) is 59.0 Å². The van der Waals surface area contributed by atoms with E-state index in [-0.39, 0.29) is 11.8 Å². The highest BCUT2D eigenvalue weighted by Gasteiger charge is 2.25. The van der Waals surface area contributed by atoms with Crippen molar-refractivity contribution in [1.29, 1.82) is 0 Å². The number of hydrogen-bond acceptors (Lipinski definition) is 5. The summed E-state index contributed by atoms with van der Waals surface area (Å²) in [5.41, 5.74) is 9.95. The molecule has 7 nitrogen and oxygen atoms in total. The first-order valence-corrected chi connectivity index (χ1v) is 11.1. The number of furan rings is 1. The number of fused-ring (bicyclic) bond motifs is 1. The van der Waals surface area contributed by atoms with Crippen LogP contribution in [0.5, 0.6) is 0 Å². The van der Waals surface area contributed by atoms with E-state index in [4.69, 9.17) is 10.2 Å². The molecule has 7 heteroatoms. The van der Waals surface area contributed by atoms with Crippen molar-refractivity contribution in [1.82, 2.24) is 9.80 Å². The number of nitrogens with two attached hydrogens (primary N) is 1. The van der Waals surface area contributed by atoms with Crippen molar-refractivity contribution >= 4 is 34.8 Å². The lowest BCUT2D eigenvalue weighted by atomic mass is 10.1. The summed E-state index contributed by atoms with van der Waals surface area (Å²) < 4.78 is 6.02. The Kier molecular flexibility index (Phi) is 5.48. The van der Waals surface area contributed by atoms with Gasteiger partial charge in [-0.15, -0.1) is 0 Å². The van der Waals surface area contributed by atoms with Gasteiger partial charge in [0.15, 0.2) is 0 Å². The average molecular weight is 443 g/mol. The van der Waals surface area contributed by atoms with Gasteiger partial charge in [-0.1, -0.05) is 12.1 Å².